The Kier molecular flexibility index (Phi) is 4.48. The number of ether oxygens (including phenoxy) is 2. The van der Waals surface area contributed by atoms with Gasteiger partial charge >= 0.3 is 0 Å². The van der Waals surface area contributed by atoms with Crippen LogP contribution in [0.2, 0.25) is 5.15 Å². The van der Waals surface area contributed by atoms with Crippen LogP contribution < -0.4 is 4.74 Å². The Morgan fingerprint density at radius 2 is 2.46 bits per heavy atom. The molecule has 0 aliphatic heterocycles. The fourth-order valence-electron chi connectivity index (χ4n) is 0.783. The third kappa shape index (κ3) is 3.93. The Labute approximate surface area is 86.6 Å². The summed E-state index contributed by atoms with van der Waals surface area (Å²) < 4.78 is 10.6. The number of thiazole rings is 1. The highest BCUT2D eigenvalue weighted by molar-refractivity contribution is 7.11. The second-order valence-electron chi connectivity index (χ2n) is 2.52. The monoisotopic (exact) mass is 221 g/mol. The molecule has 0 amide bonds. The summed E-state index contributed by atoms with van der Waals surface area (Å²) in [6.45, 7) is 5.16. The maximum atomic E-state index is 5.64. The lowest BCUT2D eigenvalue weighted by molar-refractivity contribution is 0.0656. The molecular weight excluding hydrogens is 210 g/mol. The average Bonchev–Trinajstić information content (AvgIpc) is 2.48. The number of nitrogens with zero attached hydrogens (tertiary/aromatic N) is 1. The molecule has 1 aromatic heterocycles. The van der Waals surface area contributed by atoms with Crippen LogP contribution in [0.15, 0.2) is 5.38 Å². The molecular formula is C8H12ClNO2S. The normalized spacial score (nSPS) is 12.8. The van der Waals surface area contributed by atoms with Crippen LogP contribution in [-0.2, 0) is 4.74 Å². The Balaban J connectivity index is 2.31. The molecule has 0 radical (unpaired) electrons. The summed E-state index contributed by atoms with van der Waals surface area (Å²) in [7, 11) is 0. The topological polar surface area (TPSA) is 31.4 Å². The number of hydrogen-bond acceptors (Lipinski definition) is 4. The van der Waals surface area contributed by atoms with Crippen molar-refractivity contribution in [3.05, 3.63) is 10.5 Å². The Bertz CT molecular complexity index is 254. The number of halogens is 1. The van der Waals surface area contributed by atoms with Gasteiger partial charge in [0.25, 0.3) is 5.19 Å². The van der Waals surface area contributed by atoms with Gasteiger partial charge in [0.15, 0.2) is 0 Å². The zero-order valence-corrected chi connectivity index (χ0v) is 9.19. The Morgan fingerprint density at radius 1 is 1.69 bits per heavy atom. The molecule has 13 heavy (non-hydrogen) atoms. The van der Waals surface area contributed by atoms with Crippen molar-refractivity contribution in [1.29, 1.82) is 0 Å². The highest BCUT2D eigenvalue weighted by atomic mass is 35.5. The van der Waals surface area contributed by atoms with Gasteiger partial charge in [-0.3, -0.25) is 0 Å². The molecule has 1 aromatic rings. The molecule has 0 aliphatic carbocycles. The largest absolute Gasteiger partial charge is 0.465 e. The van der Waals surface area contributed by atoms with E-state index in [0.29, 0.717) is 23.6 Å². The van der Waals surface area contributed by atoms with Gasteiger partial charge in [0.1, 0.15) is 11.3 Å². The second kappa shape index (κ2) is 5.42. The first-order valence-electron chi connectivity index (χ1n) is 4.07. The van der Waals surface area contributed by atoms with Crippen molar-refractivity contribution in [2.75, 3.05) is 13.2 Å². The van der Waals surface area contributed by atoms with E-state index in [4.69, 9.17) is 21.1 Å². The molecule has 0 N–H and O–H groups in total. The Hall–Kier alpha value is -0.320. The van der Waals surface area contributed by atoms with Crippen molar-refractivity contribution in [3.8, 4) is 5.19 Å². The molecule has 0 aromatic carbocycles. The molecule has 1 atom stereocenters. The zero-order chi connectivity index (χ0) is 9.68. The molecule has 1 unspecified atom stereocenters. The first-order valence-corrected chi connectivity index (χ1v) is 5.33. The minimum absolute atomic E-state index is 0.0159. The second-order valence-corrected chi connectivity index (χ2v) is 3.73. The standard InChI is InChI=1S/C8H12ClNO2S/c1-3-11-4-6(2)12-8-10-7(9)5-13-8/h5-6H,3-4H2,1-2H3. The van der Waals surface area contributed by atoms with Crippen LogP contribution in [0.3, 0.4) is 0 Å². The summed E-state index contributed by atoms with van der Waals surface area (Å²) in [6.07, 6.45) is 0.0159. The van der Waals surface area contributed by atoms with Crippen molar-refractivity contribution < 1.29 is 9.47 Å². The highest BCUT2D eigenvalue weighted by Gasteiger charge is 2.06. The number of aromatic nitrogens is 1. The zero-order valence-electron chi connectivity index (χ0n) is 7.62. The molecule has 5 heteroatoms. The van der Waals surface area contributed by atoms with E-state index in [9.17, 15) is 0 Å². The van der Waals surface area contributed by atoms with Gasteiger partial charge in [0.2, 0.25) is 0 Å². The lowest BCUT2D eigenvalue weighted by Gasteiger charge is -2.11. The summed E-state index contributed by atoms with van der Waals surface area (Å²) in [5.74, 6) is 0. The minimum Gasteiger partial charge on any atom is -0.465 e. The van der Waals surface area contributed by atoms with E-state index >= 15 is 0 Å². The molecule has 74 valence electrons. The van der Waals surface area contributed by atoms with Gasteiger partial charge in [-0.25, -0.2) is 0 Å². The maximum Gasteiger partial charge on any atom is 0.274 e. The molecule has 0 fully saturated rings. The predicted molar refractivity (Wildman–Crippen MR) is 53.7 cm³/mol. The first-order chi connectivity index (χ1) is 6.22. The maximum absolute atomic E-state index is 5.64. The van der Waals surface area contributed by atoms with E-state index in [1.807, 2.05) is 13.8 Å². The van der Waals surface area contributed by atoms with Crippen molar-refractivity contribution in [2.45, 2.75) is 20.0 Å². The van der Waals surface area contributed by atoms with Gasteiger partial charge in [0.05, 0.1) is 6.61 Å². The summed E-state index contributed by atoms with van der Waals surface area (Å²) in [6, 6.07) is 0. The van der Waals surface area contributed by atoms with Gasteiger partial charge in [0, 0.05) is 12.0 Å². The number of rotatable bonds is 5. The summed E-state index contributed by atoms with van der Waals surface area (Å²) >= 11 is 7.03. The fourth-order valence-corrected chi connectivity index (χ4v) is 1.67. The predicted octanol–water partition coefficient (Wildman–Crippen LogP) is 2.60. The molecule has 1 heterocycles. The summed E-state index contributed by atoms with van der Waals surface area (Å²) in [5.41, 5.74) is 0. The van der Waals surface area contributed by atoms with E-state index in [-0.39, 0.29) is 6.10 Å². The van der Waals surface area contributed by atoms with Crippen LogP contribution in [0.1, 0.15) is 13.8 Å². The van der Waals surface area contributed by atoms with Crippen molar-refractivity contribution in [2.24, 2.45) is 0 Å². The third-order valence-electron chi connectivity index (χ3n) is 1.31. The minimum atomic E-state index is 0.0159. The van der Waals surface area contributed by atoms with E-state index in [1.165, 1.54) is 11.3 Å². The lowest BCUT2D eigenvalue weighted by Crippen LogP contribution is -2.18. The quantitative estimate of drug-likeness (QED) is 0.766. The van der Waals surface area contributed by atoms with Crippen LogP contribution in [0, 0.1) is 0 Å². The Morgan fingerprint density at radius 3 is 3.00 bits per heavy atom. The van der Waals surface area contributed by atoms with Gasteiger partial charge in [-0.05, 0) is 13.8 Å². The molecule has 1 rings (SSSR count). The molecule has 0 spiro atoms. The van der Waals surface area contributed by atoms with Crippen LogP contribution in [0.5, 0.6) is 5.19 Å². The summed E-state index contributed by atoms with van der Waals surface area (Å²) in [4.78, 5) is 3.96. The van der Waals surface area contributed by atoms with E-state index < -0.39 is 0 Å². The van der Waals surface area contributed by atoms with Gasteiger partial charge < -0.3 is 9.47 Å². The molecule has 0 saturated carbocycles. The van der Waals surface area contributed by atoms with Gasteiger partial charge in [-0.15, -0.1) is 0 Å². The van der Waals surface area contributed by atoms with Crippen molar-refractivity contribution in [1.82, 2.24) is 4.98 Å². The highest BCUT2D eigenvalue weighted by Crippen LogP contribution is 2.22. The van der Waals surface area contributed by atoms with Gasteiger partial charge in [-0.1, -0.05) is 22.9 Å². The molecule has 0 saturated heterocycles. The number of hydrogen-bond donors (Lipinski definition) is 0. The van der Waals surface area contributed by atoms with E-state index in [1.54, 1.807) is 5.38 Å². The fraction of sp³-hybridized carbons (Fsp3) is 0.625. The first kappa shape index (κ1) is 10.8. The average molecular weight is 222 g/mol. The van der Waals surface area contributed by atoms with Crippen LogP contribution >= 0.6 is 22.9 Å². The van der Waals surface area contributed by atoms with Crippen molar-refractivity contribution >= 4 is 22.9 Å². The van der Waals surface area contributed by atoms with Gasteiger partial charge in [-0.2, -0.15) is 4.98 Å². The lowest BCUT2D eigenvalue weighted by atomic mass is 10.4. The van der Waals surface area contributed by atoms with Crippen molar-refractivity contribution in [3.63, 3.8) is 0 Å². The molecule has 0 aliphatic rings. The van der Waals surface area contributed by atoms with E-state index in [2.05, 4.69) is 4.98 Å². The van der Waals surface area contributed by atoms with E-state index in [0.717, 1.165) is 0 Å². The smallest absolute Gasteiger partial charge is 0.274 e. The van der Waals surface area contributed by atoms with Crippen LogP contribution in [0.4, 0.5) is 0 Å². The molecule has 3 nitrogen and oxygen atoms in total. The van der Waals surface area contributed by atoms with Crippen LogP contribution in [-0.4, -0.2) is 24.3 Å². The molecule has 0 bridgehead atoms. The summed E-state index contributed by atoms with van der Waals surface area (Å²) in [5, 5.41) is 2.81. The SMILES string of the molecule is CCOCC(C)Oc1nc(Cl)cs1. The van der Waals surface area contributed by atoms with Crippen LogP contribution in [0.25, 0.3) is 0 Å². The third-order valence-corrected chi connectivity index (χ3v) is 2.37.